The van der Waals surface area contributed by atoms with Gasteiger partial charge in [0.05, 0.1) is 8.07 Å². The van der Waals surface area contributed by atoms with Crippen molar-refractivity contribution in [2.75, 3.05) is 0 Å². The van der Waals surface area contributed by atoms with Gasteiger partial charge < -0.3 is 0 Å². The molecule has 2 aliphatic rings. The van der Waals surface area contributed by atoms with Gasteiger partial charge in [0.25, 0.3) is 0 Å². The minimum absolute atomic E-state index is 0.537. The van der Waals surface area contributed by atoms with E-state index in [2.05, 4.69) is 122 Å². The van der Waals surface area contributed by atoms with Gasteiger partial charge in [-0.05, 0) is 53.3 Å². The Bertz CT molecular complexity index is 1200. The smallest absolute Gasteiger partial charge is 0.0679 e. The summed E-state index contributed by atoms with van der Waals surface area (Å²) in [5.41, 5.74) is 12.7. The van der Waals surface area contributed by atoms with E-state index >= 15 is 0 Å². The van der Waals surface area contributed by atoms with Crippen LogP contribution in [-0.2, 0) is 0 Å². The first-order valence-electron chi connectivity index (χ1n) is 10.7. The molecule has 2 unspecified atom stereocenters. The van der Waals surface area contributed by atoms with Crippen molar-refractivity contribution < 1.29 is 0 Å². The molecule has 0 bridgehead atoms. The SMILES string of the molecule is CC1=Cc2c(Br)cccc2C1[Si](C)(C)C1C(C)=Cc2c(-c3ccccc3)cccc21. The van der Waals surface area contributed by atoms with Gasteiger partial charge >= 0.3 is 0 Å². The van der Waals surface area contributed by atoms with Crippen LogP contribution in [0.15, 0.2) is 82.3 Å². The predicted molar refractivity (Wildman–Crippen MR) is 136 cm³/mol. The molecular weight excluding hydrogens is 444 g/mol. The fourth-order valence-electron chi connectivity index (χ4n) is 6.08. The third-order valence-electron chi connectivity index (χ3n) is 7.08. The van der Waals surface area contributed by atoms with Crippen LogP contribution in [0.2, 0.25) is 13.1 Å². The molecule has 0 nitrogen and oxygen atoms in total. The Morgan fingerprint density at radius 1 is 0.667 bits per heavy atom. The fourth-order valence-corrected chi connectivity index (χ4v) is 11.5. The molecule has 3 aromatic carbocycles. The number of hydrogen-bond acceptors (Lipinski definition) is 0. The van der Waals surface area contributed by atoms with Gasteiger partial charge in [-0.25, -0.2) is 0 Å². The van der Waals surface area contributed by atoms with E-state index in [9.17, 15) is 0 Å². The zero-order chi connectivity index (χ0) is 21.0. The molecule has 0 N–H and O–H groups in total. The van der Waals surface area contributed by atoms with Crippen LogP contribution in [0.25, 0.3) is 23.3 Å². The van der Waals surface area contributed by atoms with E-state index in [0.29, 0.717) is 11.1 Å². The van der Waals surface area contributed by atoms with Crippen molar-refractivity contribution in [1.29, 1.82) is 0 Å². The molecule has 3 aromatic rings. The maximum atomic E-state index is 3.79. The molecule has 0 aromatic heterocycles. The molecule has 0 heterocycles. The number of rotatable bonds is 3. The molecule has 2 heteroatoms. The molecule has 0 aliphatic heterocycles. The molecule has 2 atom stereocenters. The van der Waals surface area contributed by atoms with Crippen LogP contribution in [0.5, 0.6) is 0 Å². The van der Waals surface area contributed by atoms with E-state index in [4.69, 9.17) is 0 Å². The molecule has 150 valence electrons. The highest BCUT2D eigenvalue weighted by Gasteiger charge is 2.47. The lowest BCUT2D eigenvalue weighted by Crippen LogP contribution is -2.42. The minimum Gasteiger partial charge on any atom is -0.0679 e. The number of hydrogen-bond donors (Lipinski definition) is 0. The van der Waals surface area contributed by atoms with Crippen molar-refractivity contribution in [3.63, 3.8) is 0 Å². The predicted octanol–water partition coefficient (Wildman–Crippen LogP) is 8.60. The molecule has 0 saturated carbocycles. The first-order valence-corrected chi connectivity index (χ1v) is 14.7. The lowest BCUT2D eigenvalue weighted by atomic mass is 9.97. The quantitative estimate of drug-likeness (QED) is 0.336. The summed E-state index contributed by atoms with van der Waals surface area (Å²) in [7, 11) is -1.77. The molecule has 0 amide bonds. The molecule has 0 saturated heterocycles. The fraction of sp³-hybridized carbons (Fsp3) is 0.214. The largest absolute Gasteiger partial charge is 0.0722 e. The van der Waals surface area contributed by atoms with Gasteiger partial charge in [-0.15, -0.1) is 0 Å². The number of halogens is 1. The van der Waals surface area contributed by atoms with Crippen molar-refractivity contribution in [1.82, 2.24) is 0 Å². The summed E-state index contributed by atoms with van der Waals surface area (Å²) < 4.78 is 1.22. The standard InChI is InChI=1S/C28H27BrSi/c1-18-16-24-21(20-10-6-5-7-11-20)12-8-13-22(24)27(18)30(3,4)28-19(2)17-25-23(28)14-9-15-26(25)29/h5-17,27-28H,1-4H3. The number of benzene rings is 3. The molecule has 30 heavy (non-hydrogen) atoms. The summed E-state index contributed by atoms with van der Waals surface area (Å²) in [6.45, 7) is 9.87. The monoisotopic (exact) mass is 470 g/mol. The van der Waals surface area contributed by atoms with Crippen LogP contribution in [0.3, 0.4) is 0 Å². The van der Waals surface area contributed by atoms with E-state index in [1.807, 2.05) is 0 Å². The van der Waals surface area contributed by atoms with Gasteiger partial charge in [0, 0.05) is 15.6 Å². The summed E-state index contributed by atoms with van der Waals surface area (Å²) >= 11 is 3.79. The summed E-state index contributed by atoms with van der Waals surface area (Å²) in [4.78, 5) is 0. The average Bonchev–Trinajstić information content (AvgIpc) is 3.25. The zero-order valence-electron chi connectivity index (χ0n) is 18.0. The first kappa shape index (κ1) is 19.8. The Labute approximate surface area is 189 Å². The number of fused-ring (bicyclic) bond motifs is 2. The Morgan fingerprint density at radius 3 is 1.90 bits per heavy atom. The van der Waals surface area contributed by atoms with Crippen molar-refractivity contribution in [2.45, 2.75) is 38.0 Å². The number of allylic oxidation sites excluding steroid dienone is 2. The van der Waals surface area contributed by atoms with Crippen molar-refractivity contribution in [3.05, 3.63) is 105 Å². The summed E-state index contributed by atoms with van der Waals surface area (Å²) in [6, 6.07) is 24.5. The van der Waals surface area contributed by atoms with Crippen LogP contribution in [-0.4, -0.2) is 8.07 Å². The van der Waals surface area contributed by atoms with Gasteiger partial charge in [-0.2, -0.15) is 0 Å². The van der Waals surface area contributed by atoms with E-state index in [-0.39, 0.29) is 0 Å². The zero-order valence-corrected chi connectivity index (χ0v) is 20.6. The molecule has 0 spiro atoms. The first-order chi connectivity index (χ1) is 14.4. The van der Waals surface area contributed by atoms with Gasteiger partial charge in [0.2, 0.25) is 0 Å². The second-order valence-corrected chi connectivity index (χ2v) is 15.0. The van der Waals surface area contributed by atoms with E-state index in [1.165, 1.54) is 49.0 Å². The normalized spacial score (nSPS) is 19.9. The summed E-state index contributed by atoms with van der Waals surface area (Å²) in [6.07, 6.45) is 4.88. The van der Waals surface area contributed by atoms with Crippen molar-refractivity contribution >= 4 is 36.2 Å². The molecule has 2 aliphatic carbocycles. The van der Waals surface area contributed by atoms with Gasteiger partial charge in [0.1, 0.15) is 0 Å². The second-order valence-electron chi connectivity index (χ2n) is 9.38. The molecule has 0 fully saturated rings. The minimum atomic E-state index is -1.77. The van der Waals surface area contributed by atoms with Crippen LogP contribution in [0, 0.1) is 0 Å². The van der Waals surface area contributed by atoms with Gasteiger partial charge in [-0.1, -0.05) is 113 Å². The van der Waals surface area contributed by atoms with Crippen LogP contribution in [0.4, 0.5) is 0 Å². The summed E-state index contributed by atoms with van der Waals surface area (Å²) in [5.74, 6) is 0. The topological polar surface area (TPSA) is 0 Å². The van der Waals surface area contributed by atoms with E-state index in [0.717, 1.165) is 0 Å². The lowest BCUT2D eigenvalue weighted by Gasteiger charge is -2.39. The highest BCUT2D eigenvalue weighted by Crippen LogP contribution is 2.53. The molecule has 0 radical (unpaired) electrons. The van der Waals surface area contributed by atoms with Gasteiger partial charge in [0.15, 0.2) is 0 Å². The van der Waals surface area contributed by atoms with Gasteiger partial charge in [-0.3, -0.25) is 0 Å². The third kappa shape index (κ3) is 2.92. The lowest BCUT2D eigenvalue weighted by molar-refractivity contribution is 0.968. The Balaban J connectivity index is 1.64. The van der Waals surface area contributed by atoms with Crippen molar-refractivity contribution in [3.8, 4) is 11.1 Å². The van der Waals surface area contributed by atoms with E-state index < -0.39 is 8.07 Å². The maximum Gasteiger partial charge on any atom is 0.0722 e. The van der Waals surface area contributed by atoms with Crippen LogP contribution < -0.4 is 0 Å². The Hall–Kier alpha value is -2.16. The molecular formula is C28H27BrSi. The average molecular weight is 472 g/mol. The highest BCUT2D eigenvalue weighted by molar-refractivity contribution is 9.10. The third-order valence-corrected chi connectivity index (χ3v) is 12.3. The maximum absolute atomic E-state index is 3.79. The summed E-state index contributed by atoms with van der Waals surface area (Å²) in [5, 5.41) is 0. The Morgan fingerprint density at radius 2 is 1.23 bits per heavy atom. The van der Waals surface area contributed by atoms with Crippen LogP contribution >= 0.6 is 15.9 Å². The van der Waals surface area contributed by atoms with Crippen molar-refractivity contribution in [2.24, 2.45) is 0 Å². The second kappa shape index (κ2) is 7.21. The highest BCUT2D eigenvalue weighted by atomic mass is 79.9. The van der Waals surface area contributed by atoms with E-state index in [1.54, 1.807) is 0 Å². The molecule has 5 rings (SSSR count). The Kier molecular flexibility index (Phi) is 4.76. The van der Waals surface area contributed by atoms with Crippen LogP contribution in [0.1, 0.15) is 47.2 Å².